The smallest absolute Gasteiger partial charge is 0.350 e. The van der Waals surface area contributed by atoms with Gasteiger partial charge in [0, 0.05) is 12.5 Å². The van der Waals surface area contributed by atoms with Crippen molar-refractivity contribution in [3.05, 3.63) is 35.1 Å². The number of alkyl halides is 3. The fraction of sp³-hybridized carbons (Fsp3) is 0.538. The molecule has 0 amide bonds. The number of ether oxygens (including phenoxy) is 2. The third-order valence-corrected chi connectivity index (χ3v) is 3.17. The van der Waals surface area contributed by atoms with Crippen LogP contribution in [0.3, 0.4) is 0 Å². The molecule has 1 N–H and O–H groups in total. The average molecular weight is 293 g/mol. The van der Waals surface area contributed by atoms with E-state index in [1.54, 1.807) is 7.05 Å². The summed E-state index contributed by atoms with van der Waals surface area (Å²) in [4.78, 5) is 0. The van der Waals surface area contributed by atoms with E-state index in [1.165, 1.54) is 6.07 Å². The lowest BCUT2D eigenvalue weighted by atomic mass is 10.0. The van der Waals surface area contributed by atoms with Crippen LogP contribution in [0.15, 0.2) is 18.2 Å². The van der Waals surface area contributed by atoms with Gasteiger partial charge < -0.3 is 14.8 Å². The normalized spacial score (nSPS) is 18.4. The predicted molar refractivity (Wildman–Crippen MR) is 63.5 cm³/mol. The van der Waals surface area contributed by atoms with Crippen LogP contribution in [0, 0.1) is 5.82 Å². The maximum Gasteiger partial charge on any atom is 0.419 e. The van der Waals surface area contributed by atoms with Gasteiger partial charge in [-0.1, -0.05) is 6.07 Å². The van der Waals surface area contributed by atoms with Crippen molar-refractivity contribution in [3.63, 3.8) is 0 Å². The predicted octanol–water partition coefficient (Wildman–Crippen LogP) is 2.87. The molecule has 1 unspecified atom stereocenters. The molecule has 3 nitrogen and oxygen atoms in total. The van der Waals surface area contributed by atoms with Gasteiger partial charge in [0.05, 0.1) is 18.8 Å². The number of nitrogens with one attached hydrogen (secondary N) is 1. The molecule has 112 valence electrons. The number of hydrogen-bond acceptors (Lipinski definition) is 3. The van der Waals surface area contributed by atoms with E-state index in [-0.39, 0.29) is 0 Å². The fourth-order valence-electron chi connectivity index (χ4n) is 2.13. The van der Waals surface area contributed by atoms with Crippen LogP contribution in [-0.4, -0.2) is 26.6 Å². The Morgan fingerprint density at radius 3 is 2.50 bits per heavy atom. The van der Waals surface area contributed by atoms with Gasteiger partial charge in [-0.05, 0) is 24.7 Å². The maximum atomic E-state index is 13.2. The van der Waals surface area contributed by atoms with Crippen molar-refractivity contribution in [3.8, 4) is 0 Å². The lowest BCUT2D eigenvalue weighted by molar-refractivity contribution is -0.140. The number of benzene rings is 1. The quantitative estimate of drug-likeness (QED) is 0.866. The monoisotopic (exact) mass is 293 g/mol. The molecule has 0 radical (unpaired) electrons. The van der Waals surface area contributed by atoms with Crippen LogP contribution >= 0.6 is 0 Å². The summed E-state index contributed by atoms with van der Waals surface area (Å²) in [5, 5.41) is 2.89. The summed E-state index contributed by atoms with van der Waals surface area (Å²) in [6.45, 7) is 0.941. The van der Waals surface area contributed by atoms with E-state index in [1.807, 2.05) is 0 Å². The van der Waals surface area contributed by atoms with Gasteiger partial charge in [0.1, 0.15) is 5.82 Å². The topological polar surface area (TPSA) is 30.5 Å². The maximum absolute atomic E-state index is 13.2. The fourth-order valence-corrected chi connectivity index (χ4v) is 2.13. The molecule has 1 atom stereocenters. The Bertz CT molecular complexity index is 458. The Morgan fingerprint density at radius 1 is 1.30 bits per heavy atom. The van der Waals surface area contributed by atoms with Crippen molar-refractivity contribution in [1.82, 2.24) is 5.32 Å². The number of hydrogen-bond donors (Lipinski definition) is 1. The average Bonchev–Trinajstić information content (AvgIpc) is 2.88. The summed E-state index contributed by atoms with van der Waals surface area (Å²) in [6.07, 6.45) is -4.80. The summed E-state index contributed by atoms with van der Waals surface area (Å²) >= 11 is 0. The van der Waals surface area contributed by atoms with Crippen LogP contribution in [0.5, 0.6) is 0 Å². The first-order chi connectivity index (χ1) is 9.41. The van der Waals surface area contributed by atoms with Gasteiger partial charge in [-0.3, -0.25) is 0 Å². The lowest BCUT2D eigenvalue weighted by Crippen LogP contribution is -2.23. The highest BCUT2D eigenvalue weighted by Crippen LogP contribution is 2.34. The Labute approximate surface area is 113 Å². The van der Waals surface area contributed by atoms with Gasteiger partial charge in [0.15, 0.2) is 6.29 Å². The van der Waals surface area contributed by atoms with E-state index >= 15 is 0 Å². The molecule has 0 spiro atoms. The van der Waals surface area contributed by atoms with E-state index in [9.17, 15) is 17.6 Å². The molecule has 1 aliphatic rings. The van der Waals surface area contributed by atoms with Crippen LogP contribution in [0.2, 0.25) is 0 Å². The third-order valence-electron chi connectivity index (χ3n) is 3.17. The second-order valence-corrected chi connectivity index (χ2v) is 4.49. The minimum atomic E-state index is -4.71. The zero-order valence-corrected chi connectivity index (χ0v) is 10.8. The van der Waals surface area contributed by atoms with Crippen LogP contribution in [0.1, 0.15) is 23.6 Å². The second kappa shape index (κ2) is 6.07. The molecule has 7 heteroatoms. The summed E-state index contributed by atoms with van der Waals surface area (Å²) in [5.74, 6) is -1.27. The highest BCUT2D eigenvalue weighted by atomic mass is 19.4. The molecular formula is C13H15F4NO2. The highest BCUT2D eigenvalue weighted by Gasteiger charge is 2.35. The zero-order valence-electron chi connectivity index (χ0n) is 10.8. The lowest BCUT2D eigenvalue weighted by Gasteiger charge is -2.21. The van der Waals surface area contributed by atoms with Gasteiger partial charge in [0.25, 0.3) is 0 Å². The Balaban J connectivity index is 2.21. The molecule has 0 aromatic heterocycles. The first-order valence-corrected chi connectivity index (χ1v) is 6.19. The first kappa shape index (κ1) is 15.2. The van der Waals surface area contributed by atoms with Gasteiger partial charge in [-0.2, -0.15) is 13.2 Å². The van der Waals surface area contributed by atoms with Crippen molar-refractivity contribution < 1.29 is 27.0 Å². The molecule has 1 saturated heterocycles. The van der Waals surface area contributed by atoms with E-state index < -0.39 is 29.9 Å². The summed E-state index contributed by atoms with van der Waals surface area (Å²) in [7, 11) is 1.62. The molecule has 2 rings (SSSR count). The number of rotatable bonds is 4. The molecule has 0 bridgehead atoms. The van der Waals surface area contributed by atoms with E-state index in [0.717, 1.165) is 12.1 Å². The molecule has 1 aromatic rings. The Morgan fingerprint density at radius 2 is 1.95 bits per heavy atom. The first-order valence-electron chi connectivity index (χ1n) is 6.19. The molecule has 1 aromatic carbocycles. The summed E-state index contributed by atoms with van der Waals surface area (Å²) in [6, 6.07) is 2.59. The summed E-state index contributed by atoms with van der Waals surface area (Å²) in [5.41, 5.74) is -0.913. The number of halogens is 4. The highest BCUT2D eigenvalue weighted by molar-refractivity contribution is 5.29. The minimum absolute atomic E-state index is 0.348. The SMILES string of the molecule is CNC(CC1OCCO1)c1ccc(F)c(C(F)(F)F)c1. The van der Waals surface area contributed by atoms with Crippen molar-refractivity contribution >= 4 is 0 Å². The van der Waals surface area contributed by atoms with Crippen LogP contribution in [0.4, 0.5) is 17.6 Å². The largest absolute Gasteiger partial charge is 0.419 e. The molecule has 20 heavy (non-hydrogen) atoms. The van der Waals surface area contributed by atoms with Crippen molar-refractivity contribution in [2.45, 2.75) is 24.9 Å². The van der Waals surface area contributed by atoms with Crippen LogP contribution in [0.25, 0.3) is 0 Å². The zero-order chi connectivity index (χ0) is 14.8. The van der Waals surface area contributed by atoms with Gasteiger partial charge in [0.2, 0.25) is 0 Å². The molecule has 1 fully saturated rings. The van der Waals surface area contributed by atoms with Gasteiger partial charge >= 0.3 is 6.18 Å². The Hall–Kier alpha value is -1.18. The van der Waals surface area contributed by atoms with Crippen molar-refractivity contribution in [2.24, 2.45) is 0 Å². The van der Waals surface area contributed by atoms with Crippen molar-refractivity contribution in [1.29, 1.82) is 0 Å². The van der Waals surface area contributed by atoms with Crippen LogP contribution in [-0.2, 0) is 15.7 Å². The van der Waals surface area contributed by atoms with E-state index in [0.29, 0.717) is 25.2 Å². The van der Waals surface area contributed by atoms with Gasteiger partial charge in [-0.25, -0.2) is 4.39 Å². The standard InChI is InChI=1S/C13H15F4NO2/c1-18-11(7-12-19-4-5-20-12)8-2-3-10(14)9(6-8)13(15,16)17/h2-3,6,11-12,18H,4-5,7H2,1H3. The second-order valence-electron chi connectivity index (χ2n) is 4.49. The van der Waals surface area contributed by atoms with E-state index in [2.05, 4.69) is 5.32 Å². The molecular weight excluding hydrogens is 278 g/mol. The molecule has 0 aliphatic carbocycles. The third kappa shape index (κ3) is 3.47. The summed E-state index contributed by atoms with van der Waals surface area (Å²) < 4.78 is 61.9. The van der Waals surface area contributed by atoms with Crippen LogP contribution < -0.4 is 5.32 Å². The minimum Gasteiger partial charge on any atom is -0.350 e. The molecule has 1 heterocycles. The van der Waals surface area contributed by atoms with E-state index in [4.69, 9.17) is 9.47 Å². The van der Waals surface area contributed by atoms with Gasteiger partial charge in [-0.15, -0.1) is 0 Å². The molecule has 0 saturated carbocycles. The Kier molecular flexibility index (Phi) is 4.62. The van der Waals surface area contributed by atoms with Crippen molar-refractivity contribution in [2.75, 3.05) is 20.3 Å². The molecule has 1 aliphatic heterocycles.